The zero-order valence-electron chi connectivity index (χ0n) is 10.2. The van der Waals surface area contributed by atoms with Gasteiger partial charge in [-0.1, -0.05) is 24.3 Å². The van der Waals surface area contributed by atoms with E-state index in [9.17, 15) is 4.79 Å². The number of benzene rings is 1. The number of hydrogen-bond acceptors (Lipinski definition) is 2. The van der Waals surface area contributed by atoms with Crippen LogP contribution in [0.2, 0.25) is 0 Å². The number of aromatic nitrogens is 2. The Labute approximate surface area is 105 Å². The molecule has 0 aliphatic rings. The lowest BCUT2D eigenvalue weighted by Crippen LogP contribution is -2.14. The van der Waals surface area contributed by atoms with Gasteiger partial charge in [0.2, 0.25) is 0 Å². The summed E-state index contributed by atoms with van der Waals surface area (Å²) in [4.78, 5) is 15.0. The fourth-order valence-electron chi connectivity index (χ4n) is 1.64. The summed E-state index contributed by atoms with van der Waals surface area (Å²) in [7, 11) is 1.78. The van der Waals surface area contributed by atoms with E-state index in [1.54, 1.807) is 30.1 Å². The second kappa shape index (κ2) is 5.77. The molecule has 0 aliphatic heterocycles. The number of rotatable bonds is 0. The van der Waals surface area contributed by atoms with E-state index < -0.39 is 0 Å². The van der Waals surface area contributed by atoms with Crippen molar-refractivity contribution < 1.29 is 0 Å². The molecule has 0 aliphatic carbocycles. The molecule has 18 heavy (non-hydrogen) atoms. The largest absolute Gasteiger partial charge is 0.311 e. The first-order valence-corrected chi connectivity index (χ1v) is 5.69. The normalized spacial score (nSPS) is 9.61. The predicted octanol–water partition coefficient (Wildman–Crippen LogP) is 2.62. The summed E-state index contributed by atoms with van der Waals surface area (Å²) in [5.74, 6) is 0. The highest BCUT2D eigenvalue weighted by Crippen LogP contribution is 2.08. The van der Waals surface area contributed by atoms with Gasteiger partial charge in [0.05, 0.1) is 5.52 Å². The van der Waals surface area contributed by atoms with Crippen molar-refractivity contribution in [3.63, 3.8) is 0 Å². The standard InChI is InChI=1S/C10H9NO.C5H5N/c1-11-9-5-3-2-4-8(9)6-7-10(11)12;1-2-4-6-5-3-1/h2-7H,1H3;1-5H. The third-order valence-electron chi connectivity index (χ3n) is 2.60. The zero-order valence-corrected chi connectivity index (χ0v) is 10.2. The molecule has 90 valence electrons. The molecule has 2 heterocycles. The number of fused-ring (bicyclic) bond motifs is 1. The fourth-order valence-corrected chi connectivity index (χ4v) is 1.64. The van der Waals surface area contributed by atoms with E-state index in [-0.39, 0.29) is 5.56 Å². The number of hydrogen-bond donors (Lipinski definition) is 0. The molecule has 0 spiro atoms. The molecule has 0 N–H and O–H groups in total. The Bertz CT molecular complexity index is 648. The minimum atomic E-state index is 0.0358. The van der Waals surface area contributed by atoms with Crippen molar-refractivity contribution in [1.82, 2.24) is 9.55 Å². The number of pyridine rings is 2. The minimum absolute atomic E-state index is 0.0358. The van der Waals surface area contributed by atoms with Gasteiger partial charge in [0.25, 0.3) is 5.56 Å². The van der Waals surface area contributed by atoms with E-state index in [0.29, 0.717) is 0 Å². The van der Waals surface area contributed by atoms with Crippen LogP contribution in [0.4, 0.5) is 0 Å². The van der Waals surface area contributed by atoms with E-state index in [1.807, 2.05) is 48.5 Å². The van der Waals surface area contributed by atoms with Crippen LogP contribution in [-0.4, -0.2) is 9.55 Å². The predicted molar refractivity (Wildman–Crippen MR) is 73.4 cm³/mol. The Kier molecular flexibility index (Phi) is 3.86. The molecule has 3 rings (SSSR count). The van der Waals surface area contributed by atoms with Gasteiger partial charge in [-0.05, 0) is 29.7 Å². The molecular weight excluding hydrogens is 224 g/mol. The molecule has 0 unspecified atom stereocenters. The lowest BCUT2D eigenvalue weighted by atomic mass is 10.2. The number of para-hydroxylation sites is 1. The monoisotopic (exact) mass is 238 g/mol. The molecule has 3 nitrogen and oxygen atoms in total. The first-order valence-electron chi connectivity index (χ1n) is 5.69. The molecule has 0 bridgehead atoms. The van der Waals surface area contributed by atoms with Crippen LogP contribution in [0.5, 0.6) is 0 Å². The van der Waals surface area contributed by atoms with Gasteiger partial charge in [0, 0.05) is 25.5 Å². The van der Waals surface area contributed by atoms with Gasteiger partial charge in [0.1, 0.15) is 0 Å². The van der Waals surface area contributed by atoms with Gasteiger partial charge in [0.15, 0.2) is 0 Å². The Balaban J connectivity index is 0.000000169. The highest BCUT2D eigenvalue weighted by Gasteiger charge is 1.95. The summed E-state index contributed by atoms with van der Waals surface area (Å²) in [6, 6.07) is 17.0. The Hall–Kier alpha value is -2.42. The van der Waals surface area contributed by atoms with Crippen molar-refractivity contribution in [2.45, 2.75) is 0 Å². The average Bonchev–Trinajstić information content (AvgIpc) is 2.46. The molecule has 0 fully saturated rings. The molecule has 0 saturated heterocycles. The van der Waals surface area contributed by atoms with Gasteiger partial charge >= 0.3 is 0 Å². The Morgan fingerprint density at radius 2 is 1.61 bits per heavy atom. The quantitative estimate of drug-likeness (QED) is 0.603. The van der Waals surface area contributed by atoms with Crippen LogP contribution in [0.1, 0.15) is 0 Å². The van der Waals surface area contributed by atoms with Gasteiger partial charge in [-0.25, -0.2) is 0 Å². The maximum absolute atomic E-state index is 11.2. The summed E-state index contributed by atoms with van der Waals surface area (Å²) >= 11 is 0. The van der Waals surface area contributed by atoms with Crippen LogP contribution in [-0.2, 0) is 7.05 Å². The van der Waals surface area contributed by atoms with E-state index in [1.165, 1.54) is 0 Å². The van der Waals surface area contributed by atoms with E-state index >= 15 is 0 Å². The first kappa shape index (κ1) is 12.0. The molecule has 0 saturated carbocycles. The molecule has 3 heteroatoms. The van der Waals surface area contributed by atoms with Crippen molar-refractivity contribution >= 4 is 10.9 Å². The first-order chi connectivity index (χ1) is 8.79. The second-order valence-electron chi connectivity index (χ2n) is 3.81. The maximum Gasteiger partial charge on any atom is 0.250 e. The Morgan fingerprint density at radius 3 is 2.22 bits per heavy atom. The molecule has 3 aromatic rings. The highest BCUT2D eigenvalue weighted by atomic mass is 16.1. The second-order valence-corrected chi connectivity index (χ2v) is 3.81. The van der Waals surface area contributed by atoms with Crippen LogP contribution >= 0.6 is 0 Å². The number of aryl methyl sites for hydroxylation is 1. The molecule has 0 atom stereocenters. The minimum Gasteiger partial charge on any atom is -0.311 e. The summed E-state index contributed by atoms with van der Waals surface area (Å²) in [5, 5.41) is 1.10. The van der Waals surface area contributed by atoms with Gasteiger partial charge in [-0.3, -0.25) is 9.78 Å². The lowest BCUT2D eigenvalue weighted by Gasteiger charge is -2.01. The zero-order chi connectivity index (χ0) is 12.8. The molecular formula is C15H14N2O. The van der Waals surface area contributed by atoms with Gasteiger partial charge in [-0.15, -0.1) is 0 Å². The summed E-state index contributed by atoms with van der Waals surface area (Å²) in [5.41, 5.74) is 1.01. The van der Waals surface area contributed by atoms with Crippen molar-refractivity contribution in [1.29, 1.82) is 0 Å². The fraction of sp³-hybridized carbons (Fsp3) is 0.0667. The van der Waals surface area contributed by atoms with Crippen LogP contribution < -0.4 is 5.56 Å². The SMILES string of the molecule is Cn1c(=O)ccc2ccccc21.c1ccncc1. The molecule has 2 aromatic heterocycles. The van der Waals surface area contributed by atoms with Crippen LogP contribution in [0, 0.1) is 0 Å². The van der Waals surface area contributed by atoms with Crippen LogP contribution in [0.25, 0.3) is 10.9 Å². The molecule has 1 aromatic carbocycles. The van der Waals surface area contributed by atoms with Crippen molar-refractivity contribution in [3.8, 4) is 0 Å². The maximum atomic E-state index is 11.2. The smallest absolute Gasteiger partial charge is 0.250 e. The summed E-state index contributed by atoms with van der Waals surface area (Å²) in [6.07, 6.45) is 3.50. The molecule has 0 radical (unpaired) electrons. The van der Waals surface area contributed by atoms with Crippen LogP contribution in [0.15, 0.2) is 71.8 Å². The highest BCUT2D eigenvalue weighted by molar-refractivity contribution is 5.78. The van der Waals surface area contributed by atoms with E-state index in [2.05, 4.69) is 4.98 Å². The topological polar surface area (TPSA) is 34.9 Å². The Morgan fingerprint density at radius 1 is 0.889 bits per heavy atom. The van der Waals surface area contributed by atoms with Gasteiger partial charge < -0.3 is 4.57 Å². The third kappa shape index (κ3) is 2.83. The third-order valence-corrected chi connectivity index (χ3v) is 2.60. The average molecular weight is 238 g/mol. The lowest BCUT2D eigenvalue weighted by molar-refractivity contribution is 0.906. The van der Waals surface area contributed by atoms with Crippen molar-refractivity contribution in [2.75, 3.05) is 0 Å². The van der Waals surface area contributed by atoms with Crippen LogP contribution in [0.3, 0.4) is 0 Å². The van der Waals surface area contributed by atoms with Crippen molar-refractivity contribution in [3.05, 3.63) is 77.3 Å². The summed E-state index contributed by atoms with van der Waals surface area (Å²) in [6.45, 7) is 0. The van der Waals surface area contributed by atoms with Crippen molar-refractivity contribution in [2.24, 2.45) is 7.05 Å². The van der Waals surface area contributed by atoms with Gasteiger partial charge in [-0.2, -0.15) is 0 Å². The van der Waals surface area contributed by atoms with E-state index in [4.69, 9.17) is 0 Å². The summed E-state index contributed by atoms with van der Waals surface area (Å²) < 4.78 is 1.65. The molecule has 0 amide bonds. The van der Waals surface area contributed by atoms with E-state index in [0.717, 1.165) is 10.9 Å². The number of nitrogens with zero attached hydrogens (tertiary/aromatic N) is 2.